The first-order valence-corrected chi connectivity index (χ1v) is 8.94. The molecule has 2 N–H and O–H groups in total. The fourth-order valence-corrected chi connectivity index (χ4v) is 3.36. The average Bonchev–Trinajstić information content (AvgIpc) is 3.34. The summed E-state index contributed by atoms with van der Waals surface area (Å²) in [5.74, 6) is -0.355. The third-order valence-corrected chi connectivity index (χ3v) is 4.96. The summed E-state index contributed by atoms with van der Waals surface area (Å²) in [5, 5.41) is 6.25. The Bertz CT molecular complexity index is 815. The lowest BCUT2D eigenvalue weighted by Gasteiger charge is -2.11. The third-order valence-electron chi connectivity index (χ3n) is 3.81. The van der Waals surface area contributed by atoms with Gasteiger partial charge in [0.25, 0.3) is 5.91 Å². The Labute approximate surface area is 149 Å². The molecule has 1 aromatic heterocycles. The van der Waals surface area contributed by atoms with E-state index in [0.29, 0.717) is 22.2 Å². The zero-order valence-corrected chi connectivity index (χ0v) is 14.8. The third kappa shape index (κ3) is 4.17. The first-order chi connectivity index (χ1) is 12.0. The van der Waals surface area contributed by atoms with Gasteiger partial charge in [0.05, 0.1) is 22.2 Å². The highest BCUT2D eigenvalue weighted by Gasteiger charge is 2.30. The Balaban J connectivity index is 1.75. The van der Waals surface area contributed by atoms with Gasteiger partial charge in [-0.15, -0.1) is 11.3 Å². The summed E-state index contributed by atoms with van der Waals surface area (Å²) in [6.45, 7) is 3.96. The minimum atomic E-state index is -0.432. The standard InChI is InChI=1S/C18H19FN2O3S/c1-3-24-14-9-12(19)6-7-13(14)20-18(23)16-10(2)8-15(25-16)21-17(22)11-4-5-11/h6-9,11H,3-5H2,1-2H3,(H,20,23)(H,21,22). The van der Waals surface area contributed by atoms with Crippen LogP contribution in [0, 0.1) is 18.7 Å². The minimum Gasteiger partial charge on any atom is -0.492 e. The van der Waals surface area contributed by atoms with Crippen molar-refractivity contribution in [3.63, 3.8) is 0 Å². The van der Waals surface area contributed by atoms with Crippen LogP contribution in [0.25, 0.3) is 0 Å². The maximum Gasteiger partial charge on any atom is 0.266 e. The van der Waals surface area contributed by atoms with Crippen molar-refractivity contribution < 1.29 is 18.7 Å². The second-order valence-electron chi connectivity index (χ2n) is 5.91. The van der Waals surface area contributed by atoms with Crippen molar-refractivity contribution in [2.75, 3.05) is 17.2 Å². The van der Waals surface area contributed by atoms with E-state index in [4.69, 9.17) is 4.74 Å². The zero-order chi connectivity index (χ0) is 18.0. The molecule has 25 heavy (non-hydrogen) atoms. The highest BCUT2D eigenvalue weighted by molar-refractivity contribution is 7.18. The van der Waals surface area contributed by atoms with Gasteiger partial charge < -0.3 is 15.4 Å². The molecule has 0 aliphatic heterocycles. The summed E-state index contributed by atoms with van der Waals surface area (Å²) in [4.78, 5) is 24.9. The molecule has 1 aliphatic carbocycles. The monoisotopic (exact) mass is 362 g/mol. The van der Waals surface area contributed by atoms with Gasteiger partial charge in [-0.2, -0.15) is 0 Å². The smallest absolute Gasteiger partial charge is 0.266 e. The van der Waals surface area contributed by atoms with Gasteiger partial charge in [-0.3, -0.25) is 9.59 Å². The van der Waals surface area contributed by atoms with Gasteiger partial charge in [0.15, 0.2) is 0 Å². The number of aryl methyl sites for hydroxylation is 1. The lowest BCUT2D eigenvalue weighted by Crippen LogP contribution is -2.13. The number of halogens is 1. The predicted molar refractivity (Wildman–Crippen MR) is 95.9 cm³/mol. The average molecular weight is 362 g/mol. The second-order valence-corrected chi connectivity index (χ2v) is 6.97. The number of hydrogen-bond acceptors (Lipinski definition) is 4. The molecule has 0 atom stereocenters. The predicted octanol–water partition coefficient (Wildman–Crippen LogP) is 4.20. The van der Waals surface area contributed by atoms with Crippen LogP contribution in [0.2, 0.25) is 0 Å². The van der Waals surface area contributed by atoms with Crippen molar-refractivity contribution in [3.05, 3.63) is 40.5 Å². The molecule has 1 saturated carbocycles. The maximum absolute atomic E-state index is 13.4. The first-order valence-electron chi connectivity index (χ1n) is 8.13. The van der Waals surface area contributed by atoms with Crippen molar-refractivity contribution in [2.45, 2.75) is 26.7 Å². The second kappa shape index (κ2) is 7.23. The van der Waals surface area contributed by atoms with Gasteiger partial charge in [0.1, 0.15) is 11.6 Å². The summed E-state index contributed by atoms with van der Waals surface area (Å²) in [6.07, 6.45) is 1.85. The van der Waals surface area contributed by atoms with E-state index in [1.165, 1.54) is 29.5 Å². The molecular formula is C18H19FN2O3S. The van der Waals surface area contributed by atoms with E-state index in [9.17, 15) is 14.0 Å². The molecule has 5 nitrogen and oxygen atoms in total. The van der Waals surface area contributed by atoms with Crippen LogP contribution in [0.15, 0.2) is 24.3 Å². The number of rotatable bonds is 6. The van der Waals surface area contributed by atoms with Crippen LogP contribution >= 0.6 is 11.3 Å². The Hall–Kier alpha value is -2.41. The van der Waals surface area contributed by atoms with Gasteiger partial charge in [-0.05, 0) is 50.5 Å². The fraction of sp³-hybridized carbons (Fsp3) is 0.333. The van der Waals surface area contributed by atoms with E-state index < -0.39 is 5.82 Å². The highest BCUT2D eigenvalue weighted by atomic mass is 32.1. The number of ether oxygens (including phenoxy) is 1. The number of carbonyl (C=O) groups excluding carboxylic acids is 2. The largest absolute Gasteiger partial charge is 0.492 e. The molecule has 0 unspecified atom stereocenters. The van der Waals surface area contributed by atoms with Crippen LogP contribution in [0.5, 0.6) is 5.75 Å². The van der Waals surface area contributed by atoms with Gasteiger partial charge in [-0.25, -0.2) is 4.39 Å². The molecule has 132 valence electrons. The topological polar surface area (TPSA) is 67.4 Å². The Morgan fingerprint density at radius 2 is 2.04 bits per heavy atom. The van der Waals surface area contributed by atoms with E-state index >= 15 is 0 Å². The van der Waals surface area contributed by atoms with Crippen LogP contribution in [0.4, 0.5) is 15.1 Å². The van der Waals surface area contributed by atoms with Crippen molar-refractivity contribution in [3.8, 4) is 5.75 Å². The summed E-state index contributed by atoms with van der Waals surface area (Å²) in [7, 11) is 0. The van der Waals surface area contributed by atoms with Crippen molar-refractivity contribution in [1.82, 2.24) is 0 Å². The van der Waals surface area contributed by atoms with Gasteiger partial charge in [-0.1, -0.05) is 0 Å². The van der Waals surface area contributed by atoms with Crippen LogP contribution < -0.4 is 15.4 Å². The Kier molecular flexibility index (Phi) is 5.03. The Morgan fingerprint density at radius 1 is 1.28 bits per heavy atom. The fourth-order valence-electron chi connectivity index (χ4n) is 2.39. The van der Waals surface area contributed by atoms with Gasteiger partial charge >= 0.3 is 0 Å². The molecule has 1 aromatic carbocycles. The normalized spacial score (nSPS) is 13.4. The molecule has 7 heteroatoms. The SMILES string of the molecule is CCOc1cc(F)ccc1NC(=O)c1sc(NC(=O)C2CC2)cc1C. The molecule has 2 amide bonds. The molecular weight excluding hydrogens is 343 g/mol. The number of thiophene rings is 1. The first kappa shape index (κ1) is 17.4. The van der Waals surface area contributed by atoms with E-state index in [0.717, 1.165) is 18.4 Å². The van der Waals surface area contributed by atoms with Crippen LogP contribution in [-0.4, -0.2) is 18.4 Å². The lowest BCUT2D eigenvalue weighted by atomic mass is 10.2. The van der Waals surface area contributed by atoms with Gasteiger partial charge in [0.2, 0.25) is 5.91 Å². The number of anilines is 2. The van der Waals surface area contributed by atoms with Crippen molar-refractivity contribution >= 4 is 33.8 Å². The molecule has 0 bridgehead atoms. The van der Waals surface area contributed by atoms with Crippen LogP contribution in [0.1, 0.15) is 35.0 Å². The quantitative estimate of drug-likeness (QED) is 0.809. The molecule has 1 heterocycles. The lowest BCUT2D eigenvalue weighted by molar-refractivity contribution is -0.117. The van der Waals surface area contributed by atoms with E-state index in [2.05, 4.69) is 10.6 Å². The van der Waals surface area contributed by atoms with Gasteiger partial charge in [0, 0.05) is 12.0 Å². The molecule has 0 radical (unpaired) electrons. The van der Waals surface area contributed by atoms with E-state index in [1.54, 1.807) is 13.0 Å². The van der Waals surface area contributed by atoms with E-state index in [1.807, 2.05) is 6.92 Å². The zero-order valence-electron chi connectivity index (χ0n) is 14.0. The number of amides is 2. The van der Waals surface area contributed by atoms with E-state index in [-0.39, 0.29) is 23.5 Å². The molecule has 2 aromatic rings. The number of benzene rings is 1. The maximum atomic E-state index is 13.4. The highest BCUT2D eigenvalue weighted by Crippen LogP contribution is 2.33. The van der Waals surface area contributed by atoms with Crippen LogP contribution in [0.3, 0.4) is 0 Å². The summed E-state index contributed by atoms with van der Waals surface area (Å²) in [6, 6.07) is 5.76. The number of hydrogen-bond donors (Lipinski definition) is 2. The Morgan fingerprint density at radius 3 is 2.72 bits per heavy atom. The molecule has 1 aliphatic rings. The summed E-state index contributed by atoms with van der Waals surface area (Å²) in [5.41, 5.74) is 1.18. The molecule has 0 saturated heterocycles. The molecule has 3 rings (SSSR count). The van der Waals surface area contributed by atoms with Crippen molar-refractivity contribution in [2.24, 2.45) is 5.92 Å². The molecule has 1 fully saturated rings. The minimum absolute atomic E-state index is 0.00498. The van der Waals surface area contributed by atoms with Crippen molar-refractivity contribution in [1.29, 1.82) is 0 Å². The summed E-state index contributed by atoms with van der Waals surface area (Å²) < 4.78 is 18.7. The van der Waals surface area contributed by atoms with Crippen LogP contribution in [-0.2, 0) is 4.79 Å². The number of nitrogens with one attached hydrogen (secondary N) is 2. The molecule has 0 spiro atoms. The summed E-state index contributed by atoms with van der Waals surface area (Å²) >= 11 is 1.22. The number of carbonyl (C=O) groups is 2.